The van der Waals surface area contributed by atoms with Crippen LogP contribution < -0.4 is 5.32 Å². The Morgan fingerprint density at radius 1 is 1.35 bits per heavy atom. The third kappa shape index (κ3) is 4.86. The number of nitrogens with one attached hydrogen (secondary N) is 1. The summed E-state index contributed by atoms with van der Waals surface area (Å²) in [7, 11) is 0. The van der Waals surface area contributed by atoms with Crippen molar-refractivity contribution in [3.05, 3.63) is 29.8 Å². The molecule has 0 aromatic heterocycles. The number of aryl methyl sites for hydroxylation is 1. The van der Waals surface area contributed by atoms with Crippen molar-refractivity contribution in [2.45, 2.75) is 57.4 Å². The quantitative estimate of drug-likeness (QED) is 0.825. The van der Waals surface area contributed by atoms with Crippen molar-refractivity contribution in [3.8, 4) is 0 Å². The number of benzene rings is 1. The number of amides is 1. The topological polar surface area (TPSA) is 29.1 Å². The van der Waals surface area contributed by atoms with E-state index < -0.39 is 0 Å². The average molecular weight is 291 g/mol. The summed E-state index contributed by atoms with van der Waals surface area (Å²) in [5.41, 5.74) is 1.67. The minimum Gasteiger partial charge on any atom is -0.353 e. The Hall–Kier alpha value is -0.960. The number of rotatable bonds is 5. The van der Waals surface area contributed by atoms with Crippen LogP contribution in [0.5, 0.6) is 0 Å². The molecule has 1 aliphatic rings. The van der Waals surface area contributed by atoms with Gasteiger partial charge in [0, 0.05) is 23.1 Å². The van der Waals surface area contributed by atoms with E-state index in [2.05, 4.69) is 50.4 Å². The van der Waals surface area contributed by atoms with Crippen molar-refractivity contribution in [3.63, 3.8) is 0 Å². The van der Waals surface area contributed by atoms with Crippen molar-refractivity contribution in [1.29, 1.82) is 0 Å². The summed E-state index contributed by atoms with van der Waals surface area (Å²) >= 11 is 1.75. The number of hydrogen-bond acceptors (Lipinski definition) is 2. The molecular formula is C17H25NOS. The van der Waals surface area contributed by atoms with E-state index in [9.17, 15) is 4.79 Å². The van der Waals surface area contributed by atoms with Gasteiger partial charge in [-0.3, -0.25) is 4.79 Å². The fourth-order valence-corrected chi connectivity index (χ4v) is 3.61. The molecule has 1 atom stereocenters. The van der Waals surface area contributed by atoms with Gasteiger partial charge >= 0.3 is 0 Å². The van der Waals surface area contributed by atoms with Crippen molar-refractivity contribution in [2.75, 3.05) is 5.75 Å². The number of carbonyl (C=O) groups is 1. The average Bonchev–Trinajstić information content (AvgIpc) is 2.71. The van der Waals surface area contributed by atoms with E-state index in [0.717, 1.165) is 18.6 Å². The van der Waals surface area contributed by atoms with E-state index in [0.29, 0.717) is 17.9 Å². The zero-order valence-electron chi connectivity index (χ0n) is 12.7. The summed E-state index contributed by atoms with van der Waals surface area (Å²) in [5.74, 6) is 1.05. The van der Waals surface area contributed by atoms with Crippen LogP contribution in [-0.4, -0.2) is 17.7 Å². The molecule has 1 aliphatic carbocycles. The summed E-state index contributed by atoms with van der Waals surface area (Å²) in [6, 6.07) is 8.86. The zero-order chi connectivity index (χ0) is 14.6. The van der Waals surface area contributed by atoms with Crippen LogP contribution in [0.25, 0.3) is 0 Å². The molecule has 1 aromatic rings. The van der Waals surface area contributed by atoms with Gasteiger partial charge in [0.2, 0.25) is 5.91 Å². The Kier molecular flexibility index (Phi) is 5.14. The first kappa shape index (κ1) is 15.4. The number of thioether (sulfide) groups is 1. The summed E-state index contributed by atoms with van der Waals surface area (Å²) in [6.07, 6.45) is 4.07. The van der Waals surface area contributed by atoms with Gasteiger partial charge in [0.1, 0.15) is 0 Å². The summed E-state index contributed by atoms with van der Waals surface area (Å²) < 4.78 is 0. The van der Waals surface area contributed by atoms with Crippen molar-refractivity contribution >= 4 is 17.7 Å². The van der Waals surface area contributed by atoms with Crippen LogP contribution in [0, 0.1) is 12.3 Å². The smallest absolute Gasteiger partial charge is 0.221 e. The lowest BCUT2D eigenvalue weighted by molar-refractivity contribution is -0.121. The predicted octanol–water partition coefficient (Wildman–Crippen LogP) is 4.17. The maximum Gasteiger partial charge on any atom is 0.221 e. The normalized spacial score (nSPS) is 20.9. The molecule has 1 unspecified atom stereocenters. The highest BCUT2D eigenvalue weighted by molar-refractivity contribution is 7.99. The Morgan fingerprint density at radius 2 is 2.05 bits per heavy atom. The van der Waals surface area contributed by atoms with E-state index in [4.69, 9.17) is 0 Å². The van der Waals surface area contributed by atoms with E-state index >= 15 is 0 Å². The maximum absolute atomic E-state index is 11.9. The molecule has 1 saturated carbocycles. The van der Waals surface area contributed by atoms with Gasteiger partial charge in [-0.25, -0.2) is 0 Å². The Morgan fingerprint density at radius 3 is 2.65 bits per heavy atom. The summed E-state index contributed by atoms with van der Waals surface area (Å²) in [6.45, 7) is 6.66. The third-order valence-corrected chi connectivity index (χ3v) is 4.97. The molecule has 2 nitrogen and oxygen atoms in total. The van der Waals surface area contributed by atoms with Gasteiger partial charge in [-0.1, -0.05) is 31.5 Å². The minimum atomic E-state index is 0.201. The predicted molar refractivity (Wildman–Crippen MR) is 86.1 cm³/mol. The lowest BCUT2D eigenvalue weighted by atomic mass is 9.92. The number of carbonyl (C=O) groups excluding carboxylic acids is 1. The molecule has 0 spiro atoms. The van der Waals surface area contributed by atoms with Crippen LogP contribution >= 0.6 is 11.8 Å². The van der Waals surface area contributed by atoms with Gasteiger partial charge in [-0.2, -0.15) is 0 Å². The molecule has 1 N–H and O–H groups in total. The molecule has 1 amide bonds. The van der Waals surface area contributed by atoms with Crippen molar-refractivity contribution < 1.29 is 4.79 Å². The fraction of sp³-hybridized carbons (Fsp3) is 0.588. The van der Waals surface area contributed by atoms with Crippen molar-refractivity contribution in [2.24, 2.45) is 5.41 Å². The summed E-state index contributed by atoms with van der Waals surface area (Å²) in [5, 5.41) is 3.18. The molecule has 1 fully saturated rings. The van der Waals surface area contributed by atoms with Gasteiger partial charge in [-0.15, -0.1) is 11.8 Å². The second-order valence-electron chi connectivity index (χ2n) is 6.58. The van der Waals surface area contributed by atoms with Crippen molar-refractivity contribution in [1.82, 2.24) is 5.32 Å². The van der Waals surface area contributed by atoms with Gasteiger partial charge in [0.25, 0.3) is 0 Å². The Balaban J connectivity index is 1.67. The highest BCUT2D eigenvalue weighted by atomic mass is 32.2. The van der Waals surface area contributed by atoms with Gasteiger partial charge < -0.3 is 5.32 Å². The molecule has 110 valence electrons. The van der Waals surface area contributed by atoms with Crippen LogP contribution in [0.15, 0.2) is 29.2 Å². The third-order valence-electron chi connectivity index (χ3n) is 3.95. The molecule has 0 radical (unpaired) electrons. The first-order chi connectivity index (χ1) is 9.44. The maximum atomic E-state index is 11.9. The van der Waals surface area contributed by atoms with E-state index in [1.165, 1.54) is 16.9 Å². The van der Waals surface area contributed by atoms with E-state index in [1.807, 2.05) is 0 Å². The Bertz CT molecular complexity index is 453. The second kappa shape index (κ2) is 6.66. The molecule has 1 aromatic carbocycles. The van der Waals surface area contributed by atoms with E-state index in [1.54, 1.807) is 11.8 Å². The highest BCUT2D eigenvalue weighted by Gasteiger charge is 2.31. The SMILES string of the molecule is Cc1ccc(SCCC(=O)NC2CCC(C)(C)C2)cc1. The molecule has 0 saturated heterocycles. The van der Waals surface area contributed by atoms with Crippen LogP contribution in [0.1, 0.15) is 45.1 Å². The van der Waals surface area contributed by atoms with Crippen LogP contribution in [0.2, 0.25) is 0 Å². The van der Waals surface area contributed by atoms with Gasteiger partial charge in [0.05, 0.1) is 0 Å². The molecule has 0 heterocycles. The molecule has 2 rings (SSSR count). The molecule has 20 heavy (non-hydrogen) atoms. The van der Waals surface area contributed by atoms with Gasteiger partial charge in [0.15, 0.2) is 0 Å². The molecule has 3 heteroatoms. The highest BCUT2D eigenvalue weighted by Crippen LogP contribution is 2.36. The monoisotopic (exact) mass is 291 g/mol. The lowest BCUT2D eigenvalue weighted by Crippen LogP contribution is -2.33. The molecule has 0 bridgehead atoms. The largest absolute Gasteiger partial charge is 0.353 e. The lowest BCUT2D eigenvalue weighted by Gasteiger charge is -2.17. The zero-order valence-corrected chi connectivity index (χ0v) is 13.6. The minimum absolute atomic E-state index is 0.201. The Labute approximate surface area is 126 Å². The van der Waals surface area contributed by atoms with Crippen LogP contribution in [0.4, 0.5) is 0 Å². The van der Waals surface area contributed by atoms with Crippen LogP contribution in [0.3, 0.4) is 0 Å². The standard InChI is InChI=1S/C17H25NOS/c1-13-4-6-15(7-5-13)20-11-9-16(19)18-14-8-10-17(2,3)12-14/h4-7,14H,8-12H2,1-3H3,(H,18,19). The van der Waals surface area contributed by atoms with Crippen LogP contribution in [-0.2, 0) is 4.79 Å². The number of hydrogen-bond donors (Lipinski definition) is 1. The second-order valence-corrected chi connectivity index (χ2v) is 7.75. The summed E-state index contributed by atoms with van der Waals surface area (Å²) in [4.78, 5) is 13.2. The van der Waals surface area contributed by atoms with E-state index in [-0.39, 0.29) is 5.91 Å². The molecular weight excluding hydrogens is 266 g/mol. The fourth-order valence-electron chi connectivity index (χ4n) is 2.76. The first-order valence-electron chi connectivity index (χ1n) is 7.43. The van der Waals surface area contributed by atoms with Gasteiger partial charge in [-0.05, 0) is 43.7 Å². The first-order valence-corrected chi connectivity index (χ1v) is 8.42. The molecule has 0 aliphatic heterocycles.